The zero-order valence-electron chi connectivity index (χ0n) is 15.3. The predicted molar refractivity (Wildman–Crippen MR) is 98.7 cm³/mol. The maximum atomic E-state index is 14.0. The van der Waals surface area contributed by atoms with Crippen LogP contribution in [0.4, 0.5) is 13.2 Å². The van der Waals surface area contributed by atoms with Crippen LogP contribution in [-0.4, -0.2) is 24.3 Å². The summed E-state index contributed by atoms with van der Waals surface area (Å²) in [6.45, 7) is 1.52. The molecule has 0 radical (unpaired) electrons. The highest BCUT2D eigenvalue weighted by Gasteiger charge is 2.42. The van der Waals surface area contributed by atoms with Crippen LogP contribution < -0.4 is 4.74 Å². The molecule has 0 atom stereocenters. The Morgan fingerprint density at radius 2 is 1.68 bits per heavy atom. The highest BCUT2D eigenvalue weighted by atomic mass is 19.4. The van der Waals surface area contributed by atoms with Crippen LogP contribution >= 0.6 is 0 Å². The fraction of sp³-hybridized carbons (Fsp3) is 0.190. The Bertz CT molecular complexity index is 961. The van der Waals surface area contributed by atoms with E-state index < -0.39 is 23.4 Å². The van der Waals surface area contributed by atoms with Gasteiger partial charge >= 0.3 is 12.1 Å². The summed E-state index contributed by atoms with van der Waals surface area (Å²) in [6.07, 6.45) is -3.46. The number of rotatable bonds is 5. The average molecular weight is 389 g/mol. The molecule has 0 aliphatic rings. The predicted octanol–water partition coefficient (Wildman–Crippen LogP) is 5.35. The first-order valence-corrected chi connectivity index (χ1v) is 8.56. The summed E-state index contributed by atoms with van der Waals surface area (Å²) in [5, 5.41) is 0. The van der Waals surface area contributed by atoms with Gasteiger partial charge in [-0.15, -0.1) is 0 Å². The summed E-state index contributed by atoms with van der Waals surface area (Å²) >= 11 is 0. The number of carbonyl (C=O) groups excluding carboxylic acids is 1. The number of alkyl halides is 3. The Balaban J connectivity index is 2.31. The van der Waals surface area contributed by atoms with E-state index in [1.807, 2.05) is 0 Å². The van der Waals surface area contributed by atoms with Crippen molar-refractivity contribution in [2.45, 2.75) is 13.1 Å². The molecule has 1 aromatic heterocycles. The summed E-state index contributed by atoms with van der Waals surface area (Å²) in [4.78, 5) is 12.5. The van der Waals surface area contributed by atoms with Gasteiger partial charge in [0, 0.05) is 17.4 Å². The summed E-state index contributed by atoms with van der Waals surface area (Å²) < 4.78 is 53.0. The quantitative estimate of drug-likeness (QED) is 0.553. The number of aromatic nitrogens is 1. The lowest BCUT2D eigenvalue weighted by atomic mass is 10.0. The monoisotopic (exact) mass is 389 g/mol. The normalized spacial score (nSPS) is 11.3. The molecule has 0 spiro atoms. The number of esters is 1. The lowest BCUT2D eigenvalue weighted by Crippen LogP contribution is -2.18. The SMILES string of the molecule is CCOC(=O)c1c(-c2ccccc2)cn(-c2ccc(OC)cc2)c1C(F)(F)F. The van der Waals surface area contributed by atoms with E-state index in [2.05, 4.69) is 0 Å². The maximum absolute atomic E-state index is 14.0. The van der Waals surface area contributed by atoms with Crippen molar-refractivity contribution in [3.05, 3.63) is 72.1 Å². The second kappa shape index (κ2) is 7.80. The fourth-order valence-corrected chi connectivity index (χ4v) is 2.98. The van der Waals surface area contributed by atoms with Crippen molar-refractivity contribution in [1.82, 2.24) is 4.57 Å². The summed E-state index contributed by atoms with van der Waals surface area (Å²) in [6, 6.07) is 14.6. The minimum absolute atomic E-state index is 0.0297. The van der Waals surface area contributed by atoms with Crippen molar-refractivity contribution in [1.29, 1.82) is 0 Å². The minimum Gasteiger partial charge on any atom is -0.497 e. The number of carbonyl (C=O) groups is 1. The molecule has 146 valence electrons. The Kier molecular flexibility index (Phi) is 5.44. The minimum atomic E-state index is -4.77. The van der Waals surface area contributed by atoms with E-state index in [4.69, 9.17) is 9.47 Å². The first-order chi connectivity index (χ1) is 13.4. The van der Waals surface area contributed by atoms with E-state index in [-0.39, 0.29) is 17.9 Å². The molecule has 3 rings (SSSR count). The first-order valence-electron chi connectivity index (χ1n) is 8.56. The zero-order valence-corrected chi connectivity index (χ0v) is 15.3. The summed E-state index contributed by atoms with van der Waals surface area (Å²) in [5.74, 6) is -0.501. The fourth-order valence-electron chi connectivity index (χ4n) is 2.98. The van der Waals surface area contributed by atoms with E-state index >= 15 is 0 Å². The Morgan fingerprint density at radius 1 is 1.04 bits per heavy atom. The lowest BCUT2D eigenvalue weighted by molar-refractivity contribution is -0.142. The second-order valence-electron chi connectivity index (χ2n) is 5.92. The highest BCUT2D eigenvalue weighted by Crippen LogP contribution is 2.40. The molecule has 7 heteroatoms. The van der Waals surface area contributed by atoms with Gasteiger partial charge < -0.3 is 14.0 Å². The number of methoxy groups -OCH3 is 1. The third kappa shape index (κ3) is 3.74. The number of halogens is 3. The van der Waals surface area contributed by atoms with Gasteiger partial charge in [0.25, 0.3) is 0 Å². The summed E-state index contributed by atoms with van der Waals surface area (Å²) in [7, 11) is 1.47. The first kappa shape index (κ1) is 19.5. The molecule has 0 N–H and O–H groups in total. The van der Waals surface area contributed by atoms with E-state index in [1.54, 1.807) is 49.4 Å². The zero-order chi connectivity index (χ0) is 20.3. The van der Waals surface area contributed by atoms with Crippen molar-refractivity contribution >= 4 is 5.97 Å². The molecule has 0 unspecified atom stereocenters. The molecule has 0 amide bonds. The molecule has 4 nitrogen and oxygen atoms in total. The summed E-state index contributed by atoms with van der Waals surface area (Å²) in [5.41, 5.74) is -0.683. The van der Waals surface area contributed by atoms with Gasteiger partial charge in [0.2, 0.25) is 0 Å². The third-order valence-corrected chi connectivity index (χ3v) is 4.19. The number of benzene rings is 2. The van der Waals surface area contributed by atoms with E-state index in [9.17, 15) is 18.0 Å². The Hall–Kier alpha value is -3.22. The highest BCUT2D eigenvalue weighted by molar-refractivity contribution is 5.99. The van der Waals surface area contributed by atoms with Crippen LogP contribution in [0, 0.1) is 0 Å². The van der Waals surface area contributed by atoms with Gasteiger partial charge in [-0.2, -0.15) is 13.2 Å². The van der Waals surface area contributed by atoms with Crippen molar-refractivity contribution in [2.75, 3.05) is 13.7 Å². The molecule has 0 saturated carbocycles. The van der Waals surface area contributed by atoms with Crippen LogP contribution in [0.5, 0.6) is 5.75 Å². The van der Waals surface area contributed by atoms with Gasteiger partial charge in [-0.3, -0.25) is 0 Å². The smallest absolute Gasteiger partial charge is 0.432 e. The van der Waals surface area contributed by atoms with Crippen molar-refractivity contribution in [3.63, 3.8) is 0 Å². The largest absolute Gasteiger partial charge is 0.497 e. The molecule has 0 aliphatic heterocycles. The molecule has 0 aliphatic carbocycles. The molecule has 3 aromatic rings. The second-order valence-corrected chi connectivity index (χ2v) is 5.92. The maximum Gasteiger partial charge on any atom is 0.432 e. The molecule has 28 heavy (non-hydrogen) atoms. The molecule has 0 fully saturated rings. The molecule has 0 saturated heterocycles. The van der Waals surface area contributed by atoms with Gasteiger partial charge in [0.15, 0.2) is 0 Å². The Labute approximate surface area is 160 Å². The van der Waals surface area contributed by atoms with Crippen LogP contribution in [-0.2, 0) is 10.9 Å². The lowest BCUT2D eigenvalue weighted by Gasteiger charge is -2.14. The van der Waals surface area contributed by atoms with Crippen LogP contribution in [0.2, 0.25) is 0 Å². The molecule has 2 aromatic carbocycles. The van der Waals surface area contributed by atoms with E-state index in [0.717, 1.165) is 4.57 Å². The average Bonchev–Trinajstić information content (AvgIpc) is 3.10. The molecular formula is C21H18F3NO3. The Morgan fingerprint density at radius 3 is 2.21 bits per heavy atom. The van der Waals surface area contributed by atoms with Crippen LogP contribution in [0.15, 0.2) is 60.8 Å². The van der Waals surface area contributed by atoms with Crippen LogP contribution in [0.25, 0.3) is 16.8 Å². The van der Waals surface area contributed by atoms with E-state index in [1.165, 1.54) is 25.4 Å². The number of nitrogens with zero attached hydrogens (tertiary/aromatic N) is 1. The third-order valence-electron chi connectivity index (χ3n) is 4.19. The topological polar surface area (TPSA) is 40.5 Å². The molecular weight excluding hydrogens is 371 g/mol. The van der Waals surface area contributed by atoms with Crippen LogP contribution in [0.1, 0.15) is 23.0 Å². The standard InChI is InChI=1S/C21H18F3NO3/c1-3-28-20(26)18-17(14-7-5-4-6-8-14)13-25(19(18)21(22,23)24)15-9-11-16(27-2)12-10-15/h4-13H,3H2,1-2H3. The van der Waals surface area contributed by atoms with Crippen LogP contribution in [0.3, 0.4) is 0 Å². The molecule has 0 bridgehead atoms. The number of ether oxygens (including phenoxy) is 2. The number of hydrogen-bond donors (Lipinski definition) is 0. The van der Waals surface area contributed by atoms with Gasteiger partial charge in [-0.25, -0.2) is 4.79 Å². The van der Waals surface area contributed by atoms with Crippen molar-refractivity contribution in [3.8, 4) is 22.6 Å². The van der Waals surface area contributed by atoms with Gasteiger partial charge in [-0.1, -0.05) is 30.3 Å². The van der Waals surface area contributed by atoms with Gasteiger partial charge in [-0.05, 0) is 36.8 Å². The van der Waals surface area contributed by atoms with Gasteiger partial charge in [0.05, 0.1) is 19.3 Å². The number of hydrogen-bond acceptors (Lipinski definition) is 3. The van der Waals surface area contributed by atoms with E-state index in [0.29, 0.717) is 11.3 Å². The van der Waals surface area contributed by atoms with Gasteiger partial charge in [0.1, 0.15) is 11.4 Å². The van der Waals surface area contributed by atoms with Crippen molar-refractivity contribution in [2.24, 2.45) is 0 Å². The molecule has 1 heterocycles. The van der Waals surface area contributed by atoms with Crippen molar-refractivity contribution < 1.29 is 27.4 Å².